The molecule has 0 radical (unpaired) electrons. The van der Waals surface area contributed by atoms with E-state index in [4.69, 9.17) is 0 Å². The summed E-state index contributed by atoms with van der Waals surface area (Å²) in [7, 11) is 0. The Hall–Kier alpha value is -0.160. The van der Waals surface area contributed by atoms with Gasteiger partial charge in [-0.2, -0.15) is 13.2 Å². The van der Waals surface area contributed by atoms with Gasteiger partial charge in [-0.3, -0.25) is 0 Å². The molecule has 0 N–H and O–H groups in total. The summed E-state index contributed by atoms with van der Waals surface area (Å²) in [5, 5.41) is 0.936. The number of hydrogen-bond donors (Lipinski definition) is 0. The lowest BCUT2D eigenvalue weighted by Gasteiger charge is -2.30. The van der Waals surface area contributed by atoms with Crippen molar-refractivity contribution in [3.8, 4) is 0 Å². The van der Waals surface area contributed by atoms with E-state index in [0.717, 1.165) is 22.0 Å². The first-order chi connectivity index (χ1) is 9.95. The predicted octanol–water partition coefficient (Wildman–Crippen LogP) is 6.53. The molecule has 0 spiro atoms. The zero-order chi connectivity index (χ0) is 15.3. The van der Waals surface area contributed by atoms with Crippen LogP contribution in [-0.4, -0.2) is 11.1 Å². The molecule has 0 nitrogen and oxygen atoms in total. The summed E-state index contributed by atoms with van der Waals surface area (Å²) < 4.78 is 38.2. The fourth-order valence-corrected chi connectivity index (χ4v) is 5.06. The number of thioether (sulfide) groups is 1. The monoisotopic (exact) mass is 380 g/mol. The van der Waals surface area contributed by atoms with Gasteiger partial charge in [0.1, 0.15) is 0 Å². The van der Waals surface area contributed by atoms with Crippen molar-refractivity contribution in [2.45, 2.75) is 49.6 Å². The van der Waals surface area contributed by atoms with Crippen LogP contribution in [0.2, 0.25) is 0 Å². The van der Waals surface area contributed by atoms with E-state index in [1.54, 1.807) is 17.8 Å². The standard InChI is InChI=1S/C16H20BrF3S/c17-11-15(8-3-1-2-4-9-15)12-21-14-7-5-6-13(10-14)16(18,19)20/h5-7,10H,1-4,8-9,11-12H2. The summed E-state index contributed by atoms with van der Waals surface area (Å²) in [6.45, 7) is 0. The summed E-state index contributed by atoms with van der Waals surface area (Å²) in [6, 6.07) is 5.68. The zero-order valence-corrected chi connectivity index (χ0v) is 14.3. The molecule has 0 saturated heterocycles. The average Bonchev–Trinajstić information content (AvgIpc) is 2.71. The van der Waals surface area contributed by atoms with Crippen LogP contribution in [0.1, 0.15) is 44.1 Å². The van der Waals surface area contributed by atoms with Crippen LogP contribution < -0.4 is 0 Å². The summed E-state index contributed by atoms with van der Waals surface area (Å²) in [6.07, 6.45) is 3.11. The molecule has 0 amide bonds. The van der Waals surface area contributed by atoms with E-state index in [-0.39, 0.29) is 5.41 Å². The maximum atomic E-state index is 12.7. The maximum Gasteiger partial charge on any atom is 0.416 e. The molecule has 1 aromatic carbocycles. The van der Waals surface area contributed by atoms with Crippen molar-refractivity contribution in [3.05, 3.63) is 29.8 Å². The Bertz CT molecular complexity index is 451. The molecule has 0 aliphatic heterocycles. The Morgan fingerprint density at radius 2 is 1.76 bits per heavy atom. The number of alkyl halides is 4. The van der Waals surface area contributed by atoms with Gasteiger partial charge in [0.05, 0.1) is 5.56 Å². The van der Waals surface area contributed by atoms with Gasteiger partial charge in [-0.1, -0.05) is 47.7 Å². The van der Waals surface area contributed by atoms with Gasteiger partial charge < -0.3 is 0 Å². The minimum Gasteiger partial charge on any atom is -0.166 e. The van der Waals surface area contributed by atoms with Crippen molar-refractivity contribution in [3.63, 3.8) is 0 Å². The van der Waals surface area contributed by atoms with Gasteiger partial charge >= 0.3 is 6.18 Å². The second-order valence-corrected chi connectivity index (χ2v) is 7.47. The molecule has 21 heavy (non-hydrogen) atoms. The zero-order valence-electron chi connectivity index (χ0n) is 11.9. The first-order valence-corrected chi connectivity index (χ1v) is 9.42. The molecule has 0 unspecified atom stereocenters. The fourth-order valence-electron chi connectivity index (χ4n) is 2.79. The molecule has 0 atom stereocenters. The van der Waals surface area contributed by atoms with Crippen molar-refractivity contribution in [1.82, 2.24) is 0 Å². The van der Waals surface area contributed by atoms with E-state index in [1.807, 2.05) is 0 Å². The van der Waals surface area contributed by atoms with Gasteiger partial charge in [0, 0.05) is 16.0 Å². The molecule has 0 aromatic heterocycles. The highest BCUT2D eigenvalue weighted by Crippen LogP contribution is 2.41. The number of halogens is 4. The van der Waals surface area contributed by atoms with Crippen molar-refractivity contribution in [1.29, 1.82) is 0 Å². The third-order valence-corrected chi connectivity index (χ3v) is 6.69. The van der Waals surface area contributed by atoms with Gasteiger partial charge in [-0.05, 0) is 36.5 Å². The van der Waals surface area contributed by atoms with Gasteiger partial charge in [0.2, 0.25) is 0 Å². The third kappa shape index (κ3) is 4.92. The van der Waals surface area contributed by atoms with Crippen molar-refractivity contribution in [2.75, 3.05) is 11.1 Å². The quantitative estimate of drug-likeness (QED) is 0.324. The van der Waals surface area contributed by atoms with Crippen LogP contribution in [-0.2, 0) is 6.18 Å². The van der Waals surface area contributed by atoms with Crippen LogP contribution in [0.15, 0.2) is 29.2 Å². The maximum absolute atomic E-state index is 12.7. The lowest BCUT2D eigenvalue weighted by atomic mass is 9.85. The van der Waals surface area contributed by atoms with Crippen LogP contribution in [0.4, 0.5) is 13.2 Å². The van der Waals surface area contributed by atoms with Gasteiger partial charge in [-0.25, -0.2) is 0 Å². The molecular weight excluding hydrogens is 361 g/mol. The highest BCUT2D eigenvalue weighted by Gasteiger charge is 2.32. The Kier molecular flexibility index (Phi) is 6.06. The molecule has 2 rings (SSSR count). The normalized spacial score (nSPS) is 19.2. The molecule has 1 aliphatic carbocycles. The van der Waals surface area contributed by atoms with Crippen LogP contribution in [0.5, 0.6) is 0 Å². The lowest BCUT2D eigenvalue weighted by molar-refractivity contribution is -0.137. The minimum absolute atomic E-state index is 0.232. The lowest BCUT2D eigenvalue weighted by Crippen LogP contribution is -2.25. The molecule has 1 saturated carbocycles. The molecule has 0 heterocycles. The van der Waals surface area contributed by atoms with Crippen LogP contribution >= 0.6 is 27.7 Å². The van der Waals surface area contributed by atoms with E-state index in [9.17, 15) is 13.2 Å². The SMILES string of the molecule is FC(F)(F)c1cccc(SCC2(CBr)CCCCCC2)c1. The number of rotatable bonds is 4. The van der Waals surface area contributed by atoms with Crippen LogP contribution in [0, 0.1) is 5.41 Å². The van der Waals surface area contributed by atoms with Crippen LogP contribution in [0.25, 0.3) is 0 Å². The van der Waals surface area contributed by atoms with Gasteiger partial charge in [-0.15, -0.1) is 11.8 Å². The van der Waals surface area contributed by atoms with E-state index in [0.29, 0.717) is 0 Å². The largest absolute Gasteiger partial charge is 0.416 e. The summed E-state index contributed by atoms with van der Waals surface area (Å²) in [4.78, 5) is 0.717. The minimum atomic E-state index is -4.26. The van der Waals surface area contributed by atoms with E-state index < -0.39 is 11.7 Å². The fraction of sp³-hybridized carbons (Fsp3) is 0.625. The Labute approximate surface area is 137 Å². The third-order valence-electron chi connectivity index (χ3n) is 4.15. The Balaban J connectivity index is 2.04. The molecule has 1 aliphatic rings. The number of benzene rings is 1. The molecule has 0 bridgehead atoms. The highest BCUT2D eigenvalue weighted by molar-refractivity contribution is 9.09. The second kappa shape index (κ2) is 7.40. The first-order valence-electron chi connectivity index (χ1n) is 7.31. The second-order valence-electron chi connectivity index (χ2n) is 5.86. The molecule has 118 valence electrons. The van der Waals surface area contributed by atoms with E-state index >= 15 is 0 Å². The Morgan fingerprint density at radius 1 is 1.10 bits per heavy atom. The topological polar surface area (TPSA) is 0 Å². The smallest absolute Gasteiger partial charge is 0.166 e. The molecule has 1 fully saturated rings. The van der Waals surface area contributed by atoms with Crippen molar-refractivity contribution < 1.29 is 13.2 Å². The van der Waals surface area contributed by atoms with Crippen molar-refractivity contribution in [2.24, 2.45) is 5.41 Å². The predicted molar refractivity (Wildman–Crippen MR) is 86.1 cm³/mol. The van der Waals surface area contributed by atoms with Crippen molar-refractivity contribution >= 4 is 27.7 Å². The first kappa shape index (κ1) is 17.2. The summed E-state index contributed by atoms with van der Waals surface area (Å²) in [5.74, 6) is 0.888. The van der Waals surface area contributed by atoms with E-state index in [1.165, 1.54) is 50.7 Å². The van der Waals surface area contributed by atoms with Crippen LogP contribution in [0.3, 0.4) is 0 Å². The average molecular weight is 381 g/mol. The number of hydrogen-bond acceptors (Lipinski definition) is 1. The Morgan fingerprint density at radius 3 is 2.33 bits per heavy atom. The summed E-state index contributed by atoms with van der Waals surface area (Å²) >= 11 is 5.19. The molecule has 5 heteroatoms. The van der Waals surface area contributed by atoms with E-state index in [2.05, 4.69) is 15.9 Å². The van der Waals surface area contributed by atoms with Gasteiger partial charge in [0.25, 0.3) is 0 Å². The molecular formula is C16H20BrF3S. The highest BCUT2D eigenvalue weighted by atomic mass is 79.9. The van der Waals surface area contributed by atoms with Gasteiger partial charge in [0.15, 0.2) is 0 Å². The molecule has 1 aromatic rings. The summed E-state index contributed by atoms with van der Waals surface area (Å²) in [5.41, 5.74) is -0.323.